The lowest BCUT2D eigenvalue weighted by Crippen LogP contribution is -1.98. The Bertz CT molecular complexity index is 3590. The fourth-order valence-electron chi connectivity index (χ4n) is 8.96. The molecule has 5 aromatic heterocycles. The first-order valence-electron chi connectivity index (χ1n) is 22.4. The zero-order valence-electron chi connectivity index (χ0n) is 36.3. The molecule has 6 heteroatoms. The minimum Gasteiger partial charge on any atom is -0.309 e. The summed E-state index contributed by atoms with van der Waals surface area (Å²) in [5, 5.41) is 2.43. The number of nitrogens with zero attached hydrogens (tertiary/aromatic N) is 6. The van der Waals surface area contributed by atoms with Gasteiger partial charge in [-0.1, -0.05) is 182 Å². The molecule has 0 N–H and O–H groups in total. The molecule has 67 heavy (non-hydrogen) atoms. The number of hydrogen-bond donors (Lipinski definition) is 0. The third kappa shape index (κ3) is 7.73. The largest absolute Gasteiger partial charge is 0.309 e. The third-order valence-corrected chi connectivity index (χ3v) is 12.4. The summed E-state index contributed by atoms with van der Waals surface area (Å²) in [4.78, 5) is 25.0. The van der Waals surface area contributed by atoms with Crippen LogP contribution in [0.1, 0.15) is 0 Å². The normalized spacial score (nSPS) is 11.3. The van der Waals surface area contributed by atoms with Crippen molar-refractivity contribution in [1.29, 1.82) is 0 Å². The lowest BCUT2D eigenvalue weighted by molar-refractivity contribution is 1.15. The molecule has 5 heterocycles. The zero-order valence-corrected chi connectivity index (χ0v) is 36.3. The van der Waals surface area contributed by atoms with Gasteiger partial charge in [-0.25, -0.2) is 15.0 Å². The van der Waals surface area contributed by atoms with Gasteiger partial charge in [-0.05, 0) is 76.3 Å². The van der Waals surface area contributed by atoms with E-state index in [4.69, 9.17) is 24.9 Å². The second-order valence-electron chi connectivity index (χ2n) is 16.5. The van der Waals surface area contributed by atoms with E-state index < -0.39 is 0 Å². The van der Waals surface area contributed by atoms with Crippen molar-refractivity contribution in [1.82, 2.24) is 29.5 Å². The van der Waals surface area contributed by atoms with Crippen molar-refractivity contribution in [3.8, 4) is 95.7 Å². The summed E-state index contributed by atoms with van der Waals surface area (Å²) in [5.74, 6) is 0.704. The molecule has 0 unspecified atom stereocenters. The molecule has 0 saturated heterocycles. The van der Waals surface area contributed by atoms with Crippen LogP contribution in [0, 0.1) is 0 Å². The number of pyridine rings is 3. The van der Waals surface area contributed by atoms with Gasteiger partial charge in [-0.15, -0.1) is 0 Å². The van der Waals surface area contributed by atoms with E-state index in [-0.39, 0.29) is 0 Å². The topological polar surface area (TPSA) is 69.4 Å². The summed E-state index contributed by atoms with van der Waals surface area (Å²) in [7, 11) is 0. The molecule has 0 aliphatic heterocycles. The van der Waals surface area contributed by atoms with E-state index >= 15 is 0 Å². The van der Waals surface area contributed by atoms with Crippen LogP contribution in [0.25, 0.3) is 118 Å². The van der Waals surface area contributed by atoms with Crippen LogP contribution in [0.2, 0.25) is 0 Å². The summed E-state index contributed by atoms with van der Waals surface area (Å²) < 4.78 is 2.31. The van der Waals surface area contributed by atoms with E-state index in [1.54, 1.807) is 0 Å². The van der Waals surface area contributed by atoms with Gasteiger partial charge in [-0.3, -0.25) is 9.97 Å². The number of para-hydroxylation sites is 2. The van der Waals surface area contributed by atoms with Crippen molar-refractivity contribution in [2.45, 2.75) is 0 Å². The first kappa shape index (κ1) is 39.5. The standard InChI is InChI=1S/C61H40N6/c1-4-14-41(15-5-1)49-36-57(64-58(37-49)56-38-50(34-35-62-56)67-59-22-12-10-20-51(59)52-21-11-13-23-60(52)67)53-33-32-48(40-63-53)44-26-24-42(25-27-44)43-28-30-46(31-29-43)55-39-54(45-16-6-2-7-17-45)65-61(66-55)47-18-8-3-9-19-47/h1-40H. The van der Waals surface area contributed by atoms with Gasteiger partial charge in [0.1, 0.15) is 0 Å². The maximum absolute atomic E-state index is 5.21. The Morgan fingerprint density at radius 2 is 0.731 bits per heavy atom. The number of aromatic nitrogens is 6. The molecule has 12 aromatic rings. The van der Waals surface area contributed by atoms with Gasteiger partial charge in [0.25, 0.3) is 0 Å². The molecule has 0 aliphatic rings. The maximum Gasteiger partial charge on any atom is 0.160 e. The van der Waals surface area contributed by atoms with Crippen LogP contribution in [0.15, 0.2) is 243 Å². The Morgan fingerprint density at radius 1 is 0.269 bits per heavy atom. The highest BCUT2D eigenvalue weighted by Gasteiger charge is 2.16. The van der Waals surface area contributed by atoms with E-state index in [0.717, 1.165) is 101 Å². The molecular weight excluding hydrogens is 817 g/mol. The monoisotopic (exact) mass is 856 g/mol. The Morgan fingerprint density at radius 3 is 1.31 bits per heavy atom. The average Bonchev–Trinajstić information content (AvgIpc) is 3.76. The molecule has 0 aliphatic carbocycles. The van der Waals surface area contributed by atoms with Crippen LogP contribution in [-0.2, 0) is 0 Å². The minimum absolute atomic E-state index is 0.704. The first-order valence-corrected chi connectivity index (χ1v) is 22.4. The van der Waals surface area contributed by atoms with Gasteiger partial charge in [-0.2, -0.15) is 0 Å². The van der Waals surface area contributed by atoms with E-state index in [1.807, 2.05) is 54.9 Å². The van der Waals surface area contributed by atoms with Crippen molar-refractivity contribution < 1.29 is 0 Å². The summed E-state index contributed by atoms with van der Waals surface area (Å²) >= 11 is 0. The predicted molar refractivity (Wildman–Crippen MR) is 273 cm³/mol. The molecule has 12 rings (SSSR count). The van der Waals surface area contributed by atoms with Gasteiger partial charge < -0.3 is 4.57 Å². The molecule has 7 aromatic carbocycles. The van der Waals surface area contributed by atoms with Crippen molar-refractivity contribution in [2.24, 2.45) is 0 Å². The predicted octanol–water partition coefficient (Wildman–Crippen LogP) is 15.1. The molecule has 0 spiro atoms. The molecule has 314 valence electrons. The molecule has 0 radical (unpaired) electrons. The highest BCUT2D eigenvalue weighted by atomic mass is 15.0. The number of fused-ring (bicyclic) bond motifs is 3. The zero-order chi connectivity index (χ0) is 44.5. The molecular formula is C61H40N6. The third-order valence-electron chi connectivity index (χ3n) is 12.4. The highest BCUT2D eigenvalue weighted by Crippen LogP contribution is 2.35. The second kappa shape index (κ2) is 17.1. The SMILES string of the molecule is c1ccc(-c2cc(-c3ccc(-c4ccc(-c5ccc(-c6cc(-c7ccccc7)nc(-c7ccccc7)n6)cc5)cc4)cn3)nc(-c3cc(-n4c5ccccc5c5ccccc54)ccn3)c2)cc1. The Hall–Kier alpha value is -9.13. The fraction of sp³-hybridized carbons (Fsp3) is 0. The van der Waals surface area contributed by atoms with Crippen LogP contribution in [0.5, 0.6) is 0 Å². The van der Waals surface area contributed by atoms with E-state index in [2.05, 4.69) is 193 Å². The molecule has 0 atom stereocenters. The van der Waals surface area contributed by atoms with Crippen LogP contribution in [0.4, 0.5) is 0 Å². The average molecular weight is 857 g/mol. The van der Waals surface area contributed by atoms with E-state index in [9.17, 15) is 0 Å². The molecule has 6 nitrogen and oxygen atoms in total. The van der Waals surface area contributed by atoms with Crippen LogP contribution in [-0.4, -0.2) is 29.5 Å². The van der Waals surface area contributed by atoms with E-state index in [1.165, 1.54) is 10.8 Å². The lowest BCUT2D eigenvalue weighted by atomic mass is 9.99. The summed E-state index contributed by atoms with van der Waals surface area (Å²) in [6.07, 6.45) is 3.81. The van der Waals surface area contributed by atoms with Crippen molar-refractivity contribution >= 4 is 21.8 Å². The van der Waals surface area contributed by atoms with E-state index in [0.29, 0.717) is 5.82 Å². The first-order chi connectivity index (χ1) is 33.2. The van der Waals surface area contributed by atoms with Crippen LogP contribution >= 0.6 is 0 Å². The quantitative estimate of drug-likeness (QED) is 0.145. The van der Waals surface area contributed by atoms with Gasteiger partial charge in [0.15, 0.2) is 5.82 Å². The Balaban J connectivity index is 0.829. The lowest BCUT2D eigenvalue weighted by Gasteiger charge is -2.12. The number of hydrogen-bond acceptors (Lipinski definition) is 5. The minimum atomic E-state index is 0.704. The molecule has 0 amide bonds. The van der Waals surface area contributed by atoms with Gasteiger partial charge in [0.2, 0.25) is 0 Å². The molecule has 0 saturated carbocycles. The Kier molecular flexibility index (Phi) is 10.1. The summed E-state index contributed by atoms with van der Waals surface area (Å²) in [6, 6.07) is 79.9. The van der Waals surface area contributed by atoms with Gasteiger partial charge >= 0.3 is 0 Å². The van der Waals surface area contributed by atoms with Crippen LogP contribution in [0.3, 0.4) is 0 Å². The second-order valence-corrected chi connectivity index (χ2v) is 16.5. The molecule has 0 fully saturated rings. The van der Waals surface area contributed by atoms with Crippen molar-refractivity contribution in [3.63, 3.8) is 0 Å². The van der Waals surface area contributed by atoms with Crippen molar-refractivity contribution in [3.05, 3.63) is 243 Å². The van der Waals surface area contributed by atoms with Gasteiger partial charge in [0, 0.05) is 51.1 Å². The van der Waals surface area contributed by atoms with Crippen molar-refractivity contribution in [2.75, 3.05) is 0 Å². The smallest absolute Gasteiger partial charge is 0.160 e. The summed E-state index contributed by atoms with van der Waals surface area (Å²) in [6.45, 7) is 0. The Labute approximate surface area is 388 Å². The summed E-state index contributed by atoms with van der Waals surface area (Å²) in [5.41, 5.74) is 17.8. The maximum atomic E-state index is 5.21. The number of rotatable bonds is 9. The highest BCUT2D eigenvalue weighted by molar-refractivity contribution is 6.09. The van der Waals surface area contributed by atoms with Gasteiger partial charge in [0.05, 0.1) is 45.2 Å². The fourth-order valence-corrected chi connectivity index (χ4v) is 8.96. The number of benzene rings is 7. The van der Waals surface area contributed by atoms with Crippen LogP contribution < -0.4 is 0 Å². The molecule has 0 bridgehead atoms.